The Morgan fingerprint density at radius 3 is 2.71 bits per heavy atom. The van der Waals surface area contributed by atoms with Crippen molar-refractivity contribution in [1.29, 1.82) is 0 Å². The summed E-state index contributed by atoms with van der Waals surface area (Å²) in [6.45, 7) is -0.411. The maximum absolute atomic E-state index is 12.8. The second-order valence-electron chi connectivity index (χ2n) is 8.34. The Morgan fingerprint density at radius 2 is 2.06 bits per heavy atom. The van der Waals surface area contributed by atoms with Crippen LogP contribution >= 0.6 is 0 Å². The van der Waals surface area contributed by atoms with Crippen LogP contribution in [0.4, 0.5) is 5.82 Å². The third-order valence-electron chi connectivity index (χ3n) is 5.81. The van der Waals surface area contributed by atoms with Gasteiger partial charge in [0.05, 0.1) is 25.0 Å². The molecule has 1 amide bonds. The van der Waals surface area contributed by atoms with Crippen molar-refractivity contribution in [3.63, 3.8) is 0 Å². The number of amides is 1. The number of hydrogen-bond donors (Lipinski definition) is 4. The highest BCUT2D eigenvalue weighted by Gasteiger charge is 2.46. The Kier molecular flexibility index (Phi) is 6.76. The summed E-state index contributed by atoms with van der Waals surface area (Å²) in [7, 11) is 3.67. The van der Waals surface area contributed by atoms with Gasteiger partial charge in [0.2, 0.25) is 5.91 Å². The van der Waals surface area contributed by atoms with E-state index in [9.17, 15) is 15.0 Å². The van der Waals surface area contributed by atoms with E-state index < -0.39 is 43.0 Å². The number of aliphatic hydroxyl groups is 2. The lowest BCUT2D eigenvalue weighted by atomic mass is 10.0. The monoisotopic (exact) mass is 465 g/mol. The average molecular weight is 466 g/mol. The van der Waals surface area contributed by atoms with Gasteiger partial charge in [0.15, 0.2) is 23.2 Å². The van der Waals surface area contributed by atoms with E-state index in [1.165, 1.54) is 12.7 Å². The fraction of sp³-hybridized carbons (Fsp3) is 0.391. The molecule has 11 nitrogen and oxygen atoms in total. The first-order valence-corrected chi connectivity index (χ1v) is 10.7. The quantitative estimate of drug-likeness (QED) is 0.328. The molecule has 3 heterocycles. The summed E-state index contributed by atoms with van der Waals surface area (Å²) >= 11 is 0. The number of terminal acetylenes is 1. The van der Waals surface area contributed by atoms with Gasteiger partial charge in [0.1, 0.15) is 18.5 Å². The molecular weight excluding hydrogens is 438 g/mol. The summed E-state index contributed by atoms with van der Waals surface area (Å²) < 4.78 is 7.45. The van der Waals surface area contributed by atoms with E-state index in [0.29, 0.717) is 17.0 Å². The lowest BCUT2D eigenvalue weighted by Gasteiger charge is -2.23. The molecule has 1 saturated heterocycles. The Labute approximate surface area is 196 Å². The van der Waals surface area contributed by atoms with Crippen molar-refractivity contribution in [3.8, 4) is 12.3 Å². The van der Waals surface area contributed by atoms with Gasteiger partial charge in [-0.1, -0.05) is 18.1 Å². The molecule has 1 aromatic carbocycles. The van der Waals surface area contributed by atoms with Gasteiger partial charge in [-0.3, -0.25) is 9.36 Å². The summed E-state index contributed by atoms with van der Waals surface area (Å²) in [4.78, 5) is 27.5. The molecule has 0 saturated carbocycles. The molecule has 0 spiro atoms. The van der Waals surface area contributed by atoms with E-state index in [2.05, 4.69) is 26.2 Å². The number of aromatic nitrogens is 4. The van der Waals surface area contributed by atoms with Gasteiger partial charge in [-0.15, -0.1) is 6.42 Å². The molecule has 0 radical (unpaired) electrons. The Morgan fingerprint density at radius 1 is 1.32 bits per heavy atom. The Balaban J connectivity index is 1.50. The minimum absolute atomic E-state index is 0.282. The average Bonchev–Trinajstić information content (AvgIpc) is 3.40. The fourth-order valence-corrected chi connectivity index (χ4v) is 4.01. The van der Waals surface area contributed by atoms with Crippen LogP contribution in [0.15, 0.2) is 36.9 Å². The van der Waals surface area contributed by atoms with Crippen molar-refractivity contribution in [2.75, 3.05) is 25.6 Å². The molecule has 2 aromatic heterocycles. The van der Waals surface area contributed by atoms with Crippen molar-refractivity contribution >= 4 is 22.9 Å². The SMILES string of the molecule is C#Cc1ccc(CC(N)C(=O)NC2C(CO)OC(n3cnc4c(N(C)C)ncnc43)C2O)cc1. The van der Waals surface area contributed by atoms with Crippen molar-refractivity contribution in [2.45, 2.75) is 36.9 Å². The number of nitrogens with one attached hydrogen (secondary N) is 1. The Hall–Kier alpha value is -3.56. The molecule has 1 fully saturated rings. The topological polar surface area (TPSA) is 152 Å². The van der Waals surface area contributed by atoms with Crippen molar-refractivity contribution in [1.82, 2.24) is 24.8 Å². The van der Waals surface area contributed by atoms with Crippen LogP contribution in [-0.4, -0.2) is 80.6 Å². The van der Waals surface area contributed by atoms with Crippen LogP contribution in [-0.2, 0) is 16.0 Å². The number of imidazole rings is 1. The van der Waals surface area contributed by atoms with Crippen molar-refractivity contribution in [3.05, 3.63) is 48.0 Å². The number of nitrogens with zero attached hydrogens (tertiary/aromatic N) is 5. The van der Waals surface area contributed by atoms with Crippen LogP contribution in [0, 0.1) is 12.3 Å². The molecule has 5 atom stereocenters. The smallest absolute Gasteiger partial charge is 0.237 e. The number of fused-ring (bicyclic) bond motifs is 1. The molecule has 178 valence electrons. The summed E-state index contributed by atoms with van der Waals surface area (Å²) in [6.07, 6.45) is 5.58. The molecule has 0 aliphatic carbocycles. The van der Waals surface area contributed by atoms with Gasteiger partial charge in [-0.05, 0) is 24.1 Å². The van der Waals surface area contributed by atoms with Gasteiger partial charge in [0.25, 0.3) is 0 Å². The zero-order valence-electron chi connectivity index (χ0n) is 18.9. The first-order valence-electron chi connectivity index (χ1n) is 10.7. The summed E-state index contributed by atoms with van der Waals surface area (Å²) in [5.41, 5.74) is 8.68. The molecule has 5 N–H and O–H groups in total. The maximum Gasteiger partial charge on any atom is 0.237 e. The number of benzene rings is 1. The number of hydrogen-bond acceptors (Lipinski definition) is 9. The molecule has 4 rings (SSSR count). The number of aliphatic hydroxyl groups excluding tert-OH is 2. The molecule has 3 aromatic rings. The highest BCUT2D eigenvalue weighted by Crippen LogP contribution is 2.32. The third kappa shape index (κ3) is 4.44. The van der Waals surface area contributed by atoms with Crippen LogP contribution in [0.2, 0.25) is 0 Å². The van der Waals surface area contributed by atoms with Gasteiger partial charge in [-0.2, -0.15) is 0 Å². The highest BCUT2D eigenvalue weighted by atomic mass is 16.5. The van der Waals surface area contributed by atoms with Crippen molar-refractivity contribution in [2.24, 2.45) is 5.73 Å². The largest absolute Gasteiger partial charge is 0.394 e. The van der Waals surface area contributed by atoms with E-state index in [1.807, 2.05) is 26.2 Å². The highest BCUT2D eigenvalue weighted by molar-refractivity contribution is 5.83. The summed E-state index contributed by atoms with van der Waals surface area (Å²) in [5.74, 6) is 2.68. The van der Waals surface area contributed by atoms with E-state index in [1.54, 1.807) is 21.6 Å². The molecule has 1 aliphatic heterocycles. The molecule has 1 aliphatic rings. The Bertz CT molecular complexity index is 1200. The molecule has 5 unspecified atom stereocenters. The van der Waals surface area contributed by atoms with Crippen molar-refractivity contribution < 1.29 is 19.7 Å². The number of carbonyl (C=O) groups is 1. The van der Waals surface area contributed by atoms with Gasteiger partial charge >= 0.3 is 0 Å². The maximum atomic E-state index is 12.8. The zero-order chi connectivity index (χ0) is 24.4. The van der Waals surface area contributed by atoms with E-state index >= 15 is 0 Å². The number of ether oxygens (including phenoxy) is 1. The second kappa shape index (κ2) is 9.74. The minimum atomic E-state index is -1.18. The standard InChI is InChI=1S/C23H27N7O4/c1-4-13-5-7-14(8-6-13)9-15(24)22(33)28-17-16(10-31)34-23(19(17)32)30-12-27-18-20(29(2)3)25-11-26-21(18)30/h1,5-8,11-12,15-17,19,23,31-32H,9-10,24H2,2-3H3,(H,28,33). The number of carbonyl (C=O) groups excluding carboxylic acids is 1. The lowest BCUT2D eigenvalue weighted by Crippen LogP contribution is -2.53. The normalized spacial score (nSPS) is 22.9. The van der Waals surface area contributed by atoms with E-state index in [0.717, 1.165) is 11.1 Å². The van der Waals surface area contributed by atoms with E-state index in [4.69, 9.17) is 16.9 Å². The predicted octanol–water partition coefficient (Wildman–Crippen LogP) is -0.821. The van der Waals surface area contributed by atoms with Crippen LogP contribution < -0.4 is 16.0 Å². The first-order chi connectivity index (χ1) is 16.3. The second-order valence-corrected chi connectivity index (χ2v) is 8.34. The summed E-state index contributed by atoms with van der Waals surface area (Å²) in [6, 6.07) is 5.44. The summed E-state index contributed by atoms with van der Waals surface area (Å²) in [5, 5.41) is 23.6. The molecule has 11 heteroatoms. The minimum Gasteiger partial charge on any atom is -0.394 e. The van der Waals surface area contributed by atoms with Gasteiger partial charge in [0, 0.05) is 19.7 Å². The van der Waals surface area contributed by atoms with E-state index in [-0.39, 0.29) is 6.42 Å². The number of nitrogens with two attached hydrogens (primary N) is 1. The molecule has 34 heavy (non-hydrogen) atoms. The third-order valence-corrected chi connectivity index (χ3v) is 5.81. The van der Waals surface area contributed by atoms with Gasteiger partial charge < -0.3 is 30.9 Å². The van der Waals surface area contributed by atoms with Crippen LogP contribution in [0.5, 0.6) is 0 Å². The predicted molar refractivity (Wildman–Crippen MR) is 125 cm³/mol. The fourth-order valence-electron chi connectivity index (χ4n) is 4.01. The first kappa shape index (κ1) is 23.6. The number of anilines is 1. The van der Waals surface area contributed by atoms with Crippen LogP contribution in [0.1, 0.15) is 17.4 Å². The lowest BCUT2D eigenvalue weighted by molar-refractivity contribution is -0.124. The molecular formula is C23H27N7O4. The van der Waals surface area contributed by atoms with Crippen LogP contribution in [0.25, 0.3) is 11.2 Å². The number of rotatable bonds is 7. The zero-order valence-corrected chi connectivity index (χ0v) is 18.9. The van der Waals surface area contributed by atoms with Crippen LogP contribution in [0.3, 0.4) is 0 Å². The van der Waals surface area contributed by atoms with Gasteiger partial charge in [-0.25, -0.2) is 15.0 Å². The molecule has 0 bridgehead atoms.